The summed E-state index contributed by atoms with van der Waals surface area (Å²) in [6.45, 7) is 4.03. The van der Waals surface area contributed by atoms with Gasteiger partial charge in [0.2, 0.25) is 0 Å². The van der Waals surface area contributed by atoms with Crippen LogP contribution in [-0.2, 0) is 6.54 Å². The van der Waals surface area contributed by atoms with Gasteiger partial charge in [-0.1, -0.05) is 48.5 Å². The maximum Gasteiger partial charge on any atom is 0.253 e. The number of aromatic nitrogens is 2. The molecule has 1 fully saturated rings. The molecule has 0 bridgehead atoms. The van der Waals surface area contributed by atoms with E-state index in [9.17, 15) is 4.79 Å². The lowest BCUT2D eigenvalue weighted by atomic mass is 10.0. The zero-order valence-corrected chi connectivity index (χ0v) is 16.8. The number of carbonyl (C=O) groups excluding carboxylic acids is 1. The van der Waals surface area contributed by atoms with Crippen molar-refractivity contribution in [3.05, 3.63) is 96.3 Å². The molecule has 1 saturated heterocycles. The molecular weight excluding hydrogens is 372 g/mol. The third-order valence-corrected chi connectivity index (χ3v) is 5.70. The molecule has 0 saturated carbocycles. The van der Waals surface area contributed by atoms with Crippen LogP contribution in [0, 0.1) is 0 Å². The first-order valence-electron chi connectivity index (χ1n) is 10.4. The molecule has 0 radical (unpaired) electrons. The Morgan fingerprint density at radius 2 is 1.50 bits per heavy atom. The average molecular weight is 396 g/mol. The van der Waals surface area contributed by atoms with E-state index < -0.39 is 0 Å². The standard InChI is InChI=1S/C25H24N4O/c30-25(22-11-9-21(10-12-22)20-6-2-1-3-7-20)28-16-14-27(15-17-28)19-23-18-24-8-4-5-13-29(24)26-23/h1-13,18H,14-17,19H2. The second-order valence-electron chi connectivity index (χ2n) is 7.72. The highest BCUT2D eigenvalue weighted by atomic mass is 16.2. The largest absolute Gasteiger partial charge is 0.336 e. The van der Waals surface area contributed by atoms with Gasteiger partial charge in [-0.15, -0.1) is 0 Å². The summed E-state index contributed by atoms with van der Waals surface area (Å²) >= 11 is 0. The molecule has 2 aromatic heterocycles. The van der Waals surface area contributed by atoms with Crippen LogP contribution in [0.4, 0.5) is 0 Å². The van der Waals surface area contributed by atoms with Crippen molar-refractivity contribution < 1.29 is 4.79 Å². The van der Waals surface area contributed by atoms with Gasteiger partial charge in [0.25, 0.3) is 5.91 Å². The van der Waals surface area contributed by atoms with Crippen molar-refractivity contribution in [3.8, 4) is 11.1 Å². The van der Waals surface area contributed by atoms with E-state index in [1.807, 2.05) is 70.2 Å². The summed E-state index contributed by atoms with van der Waals surface area (Å²) in [5.74, 6) is 0.113. The lowest BCUT2D eigenvalue weighted by Crippen LogP contribution is -2.48. The SMILES string of the molecule is O=C(c1ccc(-c2ccccc2)cc1)N1CCN(Cc2cc3ccccn3n2)CC1. The Bertz CT molecular complexity index is 1110. The fourth-order valence-electron chi connectivity index (χ4n) is 4.02. The van der Waals surface area contributed by atoms with Crippen LogP contribution in [0.5, 0.6) is 0 Å². The smallest absolute Gasteiger partial charge is 0.253 e. The molecule has 2 aromatic carbocycles. The van der Waals surface area contributed by atoms with Gasteiger partial charge in [-0.3, -0.25) is 9.69 Å². The molecule has 0 unspecified atom stereocenters. The van der Waals surface area contributed by atoms with Crippen molar-refractivity contribution in [1.29, 1.82) is 0 Å². The van der Waals surface area contributed by atoms with Gasteiger partial charge in [0.1, 0.15) is 0 Å². The second-order valence-corrected chi connectivity index (χ2v) is 7.72. The Hall–Kier alpha value is -3.44. The monoisotopic (exact) mass is 396 g/mol. The topological polar surface area (TPSA) is 40.9 Å². The van der Waals surface area contributed by atoms with E-state index in [1.165, 1.54) is 0 Å². The summed E-state index contributed by atoms with van der Waals surface area (Å²) in [5.41, 5.74) is 5.22. The van der Waals surface area contributed by atoms with E-state index >= 15 is 0 Å². The Morgan fingerprint density at radius 3 is 2.23 bits per heavy atom. The number of rotatable bonds is 4. The normalized spacial score (nSPS) is 14.9. The number of benzene rings is 2. The van der Waals surface area contributed by atoms with E-state index in [0.29, 0.717) is 0 Å². The Labute approximate surface area is 176 Å². The van der Waals surface area contributed by atoms with Gasteiger partial charge < -0.3 is 4.90 Å². The fraction of sp³-hybridized carbons (Fsp3) is 0.200. The molecule has 0 N–H and O–H groups in total. The molecule has 3 heterocycles. The molecule has 1 amide bonds. The molecule has 5 rings (SSSR count). The molecule has 0 spiro atoms. The van der Waals surface area contributed by atoms with Crippen molar-refractivity contribution in [2.45, 2.75) is 6.54 Å². The highest BCUT2D eigenvalue weighted by Gasteiger charge is 2.22. The summed E-state index contributed by atoms with van der Waals surface area (Å²) in [6.07, 6.45) is 1.97. The number of carbonyl (C=O) groups is 1. The summed E-state index contributed by atoms with van der Waals surface area (Å²) < 4.78 is 1.91. The van der Waals surface area contributed by atoms with Crippen LogP contribution in [0.1, 0.15) is 16.1 Å². The minimum atomic E-state index is 0.113. The van der Waals surface area contributed by atoms with Crippen LogP contribution < -0.4 is 0 Å². The molecule has 1 aliphatic heterocycles. The molecule has 1 aliphatic rings. The van der Waals surface area contributed by atoms with Crippen molar-refractivity contribution in [1.82, 2.24) is 19.4 Å². The van der Waals surface area contributed by atoms with E-state index in [4.69, 9.17) is 0 Å². The van der Waals surface area contributed by atoms with Crippen LogP contribution in [0.15, 0.2) is 85.1 Å². The number of hydrogen-bond acceptors (Lipinski definition) is 3. The summed E-state index contributed by atoms with van der Waals surface area (Å²) in [7, 11) is 0. The predicted molar refractivity (Wildman–Crippen MR) is 118 cm³/mol. The molecule has 150 valence electrons. The third kappa shape index (κ3) is 3.84. The number of hydrogen-bond donors (Lipinski definition) is 0. The summed E-state index contributed by atoms with van der Waals surface area (Å²) in [6, 6.07) is 26.4. The van der Waals surface area contributed by atoms with E-state index in [2.05, 4.69) is 34.3 Å². The summed E-state index contributed by atoms with van der Waals surface area (Å²) in [4.78, 5) is 17.2. The highest BCUT2D eigenvalue weighted by Crippen LogP contribution is 2.20. The number of nitrogens with zero attached hydrogens (tertiary/aromatic N) is 4. The van der Waals surface area contributed by atoms with Crippen LogP contribution in [0.25, 0.3) is 16.6 Å². The van der Waals surface area contributed by atoms with Crippen LogP contribution in [-0.4, -0.2) is 51.5 Å². The highest BCUT2D eigenvalue weighted by molar-refractivity contribution is 5.94. The lowest BCUT2D eigenvalue weighted by molar-refractivity contribution is 0.0627. The minimum Gasteiger partial charge on any atom is -0.336 e. The lowest BCUT2D eigenvalue weighted by Gasteiger charge is -2.34. The van der Waals surface area contributed by atoms with Gasteiger partial charge in [-0.05, 0) is 41.5 Å². The molecule has 5 heteroatoms. The number of pyridine rings is 1. The van der Waals surface area contributed by atoms with E-state index in [1.54, 1.807) is 0 Å². The molecule has 5 nitrogen and oxygen atoms in total. The number of fused-ring (bicyclic) bond motifs is 1. The van der Waals surface area contributed by atoms with Crippen LogP contribution in [0.3, 0.4) is 0 Å². The minimum absolute atomic E-state index is 0.113. The number of piperazine rings is 1. The molecule has 4 aromatic rings. The number of amides is 1. The van der Waals surface area contributed by atoms with Crippen molar-refractivity contribution >= 4 is 11.4 Å². The maximum atomic E-state index is 12.9. The van der Waals surface area contributed by atoms with Gasteiger partial charge in [0, 0.05) is 44.5 Å². The Morgan fingerprint density at radius 1 is 0.800 bits per heavy atom. The molecular formula is C25H24N4O. The first kappa shape index (κ1) is 18.6. The van der Waals surface area contributed by atoms with Gasteiger partial charge in [0.05, 0.1) is 11.2 Å². The van der Waals surface area contributed by atoms with Crippen molar-refractivity contribution in [2.75, 3.05) is 26.2 Å². The van der Waals surface area contributed by atoms with Crippen molar-refractivity contribution in [2.24, 2.45) is 0 Å². The van der Waals surface area contributed by atoms with Crippen LogP contribution >= 0.6 is 0 Å². The summed E-state index contributed by atoms with van der Waals surface area (Å²) in [5, 5.41) is 4.64. The zero-order chi connectivity index (χ0) is 20.3. The van der Waals surface area contributed by atoms with Gasteiger partial charge in [-0.2, -0.15) is 5.10 Å². The predicted octanol–water partition coefficient (Wildman–Crippen LogP) is 3.96. The van der Waals surface area contributed by atoms with Crippen molar-refractivity contribution in [3.63, 3.8) is 0 Å². The quantitative estimate of drug-likeness (QED) is 0.524. The van der Waals surface area contributed by atoms with E-state index in [-0.39, 0.29) is 5.91 Å². The van der Waals surface area contributed by atoms with Crippen LogP contribution in [0.2, 0.25) is 0 Å². The Kier molecular flexibility index (Phi) is 5.03. The van der Waals surface area contributed by atoms with Gasteiger partial charge in [-0.25, -0.2) is 4.52 Å². The zero-order valence-electron chi connectivity index (χ0n) is 16.8. The third-order valence-electron chi connectivity index (χ3n) is 5.70. The maximum absolute atomic E-state index is 12.9. The Balaban J connectivity index is 1.19. The van der Waals surface area contributed by atoms with Gasteiger partial charge >= 0.3 is 0 Å². The fourth-order valence-corrected chi connectivity index (χ4v) is 4.02. The average Bonchev–Trinajstić information content (AvgIpc) is 3.22. The molecule has 30 heavy (non-hydrogen) atoms. The first-order chi connectivity index (χ1) is 14.8. The van der Waals surface area contributed by atoms with Gasteiger partial charge in [0.15, 0.2) is 0 Å². The second kappa shape index (κ2) is 8.13. The molecule has 0 atom stereocenters. The molecule has 0 aliphatic carbocycles. The first-order valence-corrected chi connectivity index (χ1v) is 10.4. The van der Waals surface area contributed by atoms with E-state index in [0.717, 1.165) is 60.6 Å².